The number of thiazole rings is 1. The Kier molecular flexibility index (Phi) is 2.14. The van der Waals surface area contributed by atoms with E-state index in [4.69, 9.17) is 0 Å². The molecule has 0 saturated heterocycles. The second-order valence-electron chi connectivity index (χ2n) is 3.05. The summed E-state index contributed by atoms with van der Waals surface area (Å²) in [5, 5.41) is 4.31. The third-order valence-electron chi connectivity index (χ3n) is 2.04. The zero-order valence-electron chi connectivity index (χ0n) is 8.01. The quantitative estimate of drug-likeness (QED) is 0.823. The van der Waals surface area contributed by atoms with Gasteiger partial charge in [0, 0.05) is 18.1 Å². The number of alkyl halides is 3. The molecule has 0 radical (unpaired) electrons. The zero-order chi connectivity index (χ0) is 11.2. The number of hydrogen-bond acceptors (Lipinski definition) is 3. The average molecular weight is 235 g/mol. The van der Waals surface area contributed by atoms with Crippen LogP contribution in [0.2, 0.25) is 0 Å². The molecule has 0 bridgehead atoms. The molecule has 15 heavy (non-hydrogen) atoms. The number of aromatic nitrogens is 2. The third kappa shape index (κ3) is 1.46. The largest absolute Gasteiger partial charge is 0.437 e. The summed E-state index contributed by atoms with van der Waals surface area (Å²) in [6.45, 7) is 1.74. The number of nitrogens with one attached hydrogen (secondary N) is 1. The van der Waals surface area contributed by atoms with Gasteiger partial charge in [-0.3, -0.25) is 4.40 Å². The number of fused-ring (bicyclic) bond motifs is 1. The second-order valence-corrected chi connectivity index (χ2v) is 3.89. The number of rotatable bonds is 1. The van der Waals surface area contributed by atoms with Gasteiger partial charge in [-0.1, -0.05) is 0 Å². The van der Waals surface area contributed by atoms with E-state index in [-0.39, 0.29) is 5.82 Å². The second kappa shape index (κ2) is 3.13. The predicted molar refractivity (Wildman–Crippen MR) is 52.4 cm³/mol. The van der Waals surface area contributed by atoms with E-state index in [0.29, 0.717) is 4.96 Å². The molecule has 0 aromatic carbocycles. The molecular formula is C8H8F3N3S. The van der Waals surface area contributed by atoms with E-state index in [1.54, 1.807) is 12.3 Å². The lowest BCUT2D eigenvalue weighted by atomic mass is 10.4. The molecule has 0 aliphatic heterocycles. The van der Waals surface area contributed by atoms with E-state index in [0.717, 1.165) is 5.69 Å². The average Bonchev–Trinajstić information content (AvgIpc) is 2.65. The molecular weight excluding hydrogens is 227 g/mol. The molecule has 2 aromatic rings. The standard InChI is InChI=1S/C8H8F3N3S/c1-4-3-15-7-13-5(8(9,10)11)6(12-2)14(4)7/h3,12H,1-2H3. The maximum Gasteiger partial charge on any atom is 0.437 e. The highest BCUT2D eigenvalue weighted by atomic mass is 32.1. The summed E-state index contributed by atoms with van der Waals surface area (Å²) >= 11 is 1.19. The normalized spacial score (nSPS) is 12.3. The van der Waals surface area contributed by atoms with E-state index in [9.17, 15) is 13.2 Å². The van der Waals surface area contributed by atoms with Crippen LogP contribution in [-0.2, 0) is 6.18 Å². The Balaban J connectivity index is 2.76. The number of anilines is 1. The Morgan fingerprint density at radius 1 is 1.47 bits per heavy atom. The van der Waals surface area contributed by atoms with Gasteiger partial charge in [-0.2, -0.15) is 13.2 Å². The van der Waals surface area contributed by atoms with Crippen molar-refractivity contribution in [2.45, 2.75) is 13.1 Å². The van der Waals surface area contributed by atoms with E-state index in [1.165, 1.54) is 22.8 Å². The molecule has 0 saturated carbocycles. The Morgan fingerprint density at radius 2 is 2.13 bits per heavy atom. The van der Waals surface area contributed by atoms with Crippen molar-refractivity contribution < 1.29 is 13.2 Å². The predicted octanol–water partition coefficient (Wildman–Crippen LogP) is 2.76. The van der Waals surface area contributed by atoms with Gasteiger partial charge in [0.05, 0.1) is 0 Å². The number of nitrogens with zero attached hydrogens (tertiary/aromatic N) is 2. The van der Waals surface area contributed by atoms with Gasteiger partial charge in [0.15, 0.2) is 10.7 Å². The number of aryl methyl sites for hydroxylation is 1. The van der Waals surface area contributed by atoms with Crippen molar-refractivity contribution in [3.63, 3.8) is 0 Å². The molecule has 82 valence electrons. The van der Waals surface area contributed by atoms with Gasteiger partial charge in [0.2, 0.25) is 0 Å². The molecule has 0 aliphatic carbocycles. The molecule has 3 nitrogen and oxygen atoms in total. The minimum atomic E-state index is -4.42. The van der Waals surface area contributed by atoms with E-state index in [1.807, 2.05) is 0 Å². The summed E-state index contributed by atoms with van der Waals surface area (Å²) in [5.41, 5.74) is -0.123. The van der Waals surface area contributed by atoms with Crippen LogP contribution in [0.15, 0.2) is 5.38 Å². The van der Waals surface area contributed by atoms with Crippen LogP contribution in [0.25, 0.3) is 4.96 Å². The van der Waals surface area contributed by atoms with Crippen molar-refractivity contribution >= 4 is 22.1 Å². The Labute approximate surface area is 87.6 Å². The molecule has 0 spiro atoms. The number of hydrogen-bond donors (Lipinski definition) is 1. The molecule has 2 heterocycles. The van der Waals surface area contributed by atoms with Crippen LogP contribution in [0.4, 0.5) is 19.0 Å². The third-order valence-corrected chi connectivity index (χ3v) is 2.98. The fraction of sp³-hybridized carbons (Fsp3) is 0.375. The van der Waals surface area contributed by atoms with Crippen molar-refractivity contribution in [2.75, 3.05) is 12.4 Å². The first-order chi connectivity index (χ1) is 6.95. The topological polar surface area (TPSA) is 29.3 Å². The fourth-order valence-electron chi connectivity index (χ4n) is 1.42. The van der Waals surface area contributed by atoms with Crippen LogP contribution < -0.4 is 5.32 Å². The highest BCUT2D eigenvalue weighted by molar-refractivity contribution is 7.15. The minimum absolute atomic E-state index is 0.00347. The first-order valence-electron chi connectivity index (χ1n) is 4.16. The zero-order valence-corrected chi connectivity index (χ0v) is 8.83. The van der Waals surface area contributed by atoms with Crippen LogP contribution in [0.3, 0.4) is 0 Å². The minimum Gasteiger partial charge on any atom is -0.372 e. The SMILES string of the molecule is CNc1c(C(F)(F)F)nc2scc(C)n12. The first kappa shape index (κ1) is 10.3. The Morgan fingerprint density at radius 3 is 2.67 bits per heavy atom. The van der Waals surface area contributed by atoms with Crippen molar-refractivity contribution in [3.8, 4) is 0 Å². The highest BCUT2D eigenvalue weighted by Gasteiger charge is 2.38. The lowest BCUT2D eigenvalue weighted by Gasteiger charge is -2.06. The Hall–Kier alpha value is -1.24. The highest BCUT2D eigenvalue weighted by Crippen LogP contribution is 2.36. The van der Waals surface area contributed by atoms with Crippen LogP contribution in [0.1, 0.15) is 11.4 Å². The van der Waals surface area contributed by atoms with E-state index < -0.39 is 11.9 Å². The van der Waals surface area contributed by atoms with Gasteiger partial charge >= 0.3 is 6.18 Å². The summed E-state index contributed by atoms with van der Waals surface area (Å²) in [6.07, 6.45) is -4.42. The van der Waals surface area contributed by atoms with Crippen molar-refractivity contribution in [3.05, 3.63) is 16.8 Å². The smallest absolute Gasteiger partial charge is 0.372 e. The van der Waals surface area contributed by atoms with Crippen LogP contribution >= 0.6 is 11.3 Å². The summed E-state index contributed by atoms with van der Waals surface area (Å²) in [5.74, 6) is -0.00347. The van der Waals surface area contributed by atoms with Crippen molar-refractivity contribution in [1.29, 1.82) is 0 Å². The molecule has 0 unspecified atom stereocenters. The molecule has 1 N–H and O–H groups in total. The van der Waals surface area contributed by atoms with Gasteiger partial charge in [0.1, 0.15) is 5.82 Å². The summed E-state index contributed by atoms with van der Waals surface area (Å²) in [6, 6.07) is 0. The van der Waals surface area contributed by atoms with E-state index in [2.05, 4.69) is 10.3 Å². The van der Waals surface area contributed by atoms with Crippen molar-refractivity contribution in [1.82, 2.24) is 9.38 Å². The number of halogens is 3. The van der Waals surface area contributed by atoms with Gasteiger partial charge in [-0.15, -0.1) is 11.3 Å². The van der Waals surface area contributed by atoms with E-state index >= 15 is 0 Å². The monoisotopic (exact) mass is 235 g/mol. The maximum atomic E-state index is 12.6. The molecule has 0 fully saturated rings. The molecule has 2 rings (SSSR count). The summed E-state index contributed by atoms with van der Waals surface area (Å²) in [7, 11) is 1.45. The molecule has 7 heteroatoms. The lowest BCUT2D eigenvalue weighted by Crippen LogP contribution is -2.09. The molecule has 2 aromatic heterocycles. The van der Waals surface area contributed by atoms with Crippen LogP contribution in [0.5, 0.6) is 0 Å². The van der Waals surface area contributed by atoms with Gasteiger partial charge in [-0.05, 0) is 6.92 Å². The van der Waals surface area contributed by atoms with Crippen molar-refractivity contribution in [2.24, 2.45) is 0 Å². The Bertz CT molecular complexity index is 497. The maximum absolute atomic E-state index is 12.6. The summed E-state index contributed by atoms with van der Waals surface area (Å²) in [4.78, 5) is 3.92. The molecule has 0 aliphatic rings. The van der Waals surface area contributed by atoms with Crippen LogP contribution in [-0.4, -0.2) is 16.4 Å². The lowest BCUT2D eigenvalue weighted by molar-refractivity contribution is -0.140. The van der Waals surface area contributed by atoms with Gasteiger partial charge in [-0.25, -0.2) is 4.98 Å². The first-order valence-corrected chi connectivity index (χ1v) is 5.04. The molecule has 0 amide bonds. The van der Waals surface area contributed by atoms with Crippen LogP contribution in [0, 0.1) is 6.92 Å². The summed E-state index contributed by atoms with van der Waals surface area (Å²) < 4.78 is 39.2. The fourth-order valence-corrected chi connectivity index (χ4v) is 2.29. The van der Waals surface area contributed by atoms with Gasteiger partial charge in [0.25, 0.3) is 0 Å². The van der Waals surface area contributed by atoms with Gasteiger partial charge < -0.3 is 5.32 Å². The number of imidazole rings is 1. The molecule has 0 atom stereocenters.